The molecule has 1 aromatic rings. The number of likely N-dealkylation sites (tertiary alicyclic amines) is 1. The van der Waals surface area contributed by atoms with Crippen molar-refractivity contribution in [1.29, 1.82) is 0 Å². The van der Waals surface area contributed by atoms with Crippen LogP contribution in [0.1, 0.15) is 12.8 Å². The van der Waals surface area contributed by atoms with Crippen molar-refractivity contribution in [2.75, 3.05) is 32.0 Å². The molecular weight excluding hydrogens is 245 g/mol. The Bertz CT molecular complexity index is 430. The van der Waals surface area contributed by atoms with Crippen LogP contribution >= 0.6 is 0 Å². The normalized spacial score (nSPS) is 17.4. The molecule has 1 aliphatic heterocycles. The van der Waals surface area contributed by atoms with E-state index < -0.39 is 5.82 Å². The number of carbonyl (C=O) groups excluding carboxylic acids is 1. The van der Waals surface area contributed by atoms with Gasteiger partial charge in [-0.15, -0.1) is 0 Å². The second-order valence-electron chi connectivity index (χ2n) is 4.99. The Hall–Kier alpha value is -1.46. The molecule has 1 aliphatic rings. The van der Waals surface area contributed by atoms with Crippen LogP contribution in [0, 0.1) is 5.82 Å². The molecule has 0 bridgehead atoms. The third kappa shape index (κ3) is 4.29. The van der Waals surface area contributed by atoms with Gasteiger partial charge in [-0.1, -0.05) is 12.1 Å². The lowest BCUT2D eigenvalue weighted by molar-refractivity contribution is -0.115. The number of hydrogen-bond donors (Lipinski definition) is 2. The van der Waals surface area contributed by atoms with Crippen LogP contribution in [0.25, 0.3) is 0 Å². The zero-order valence-electron chi connectivity index (χ0n) is 11.2. The van der Waals surface area contributed by atoms with E-state index in [2.05, 4.69) is 22.6 Å². The highest BCUT2D eigenvalue weighted by molar-refractivity contribution is 5.92. The summed E-state index contributed by atoms with van der Waals surface area (Å²) >= 11 is 0. The summed E-state index contributed by atoms with van der Waals surface area (Å²) in [4.78, 5) is 14.0. The summed E-state index contributed by atoms with van der Waals surface area (Å²) in [5.74, 6) is -0.612. The summed E-state index contributed by atoms with van der Waals surface area (Å²) in [7, 11) is 2.10. The van der Waals surface area contributed by atoms with Gasteiger partial charge in [0.2, 0.25) is 5.91 Å². The zero-order valence-corrected chi connectivity index (χ0v) is 11.2. The van der Waals surface area contributed by atoms with Gasteiger partial charge in [-0.3, -0.25) is 4.79 Å². The molecule has 1 saturated heterocycles. The van der Waals surface area contributed by atoms with Gasteiger partial charge >= 0.3 is 0 Å². The maximum Gasteiger partial charge on any atom is 0.238 e. The van der Waals surface area contributed by atoms with Gasteiger partial charge < -0.3 is 15.5 Å². The Labute approximate surface area is 113 Å². The second kappa shape index (κ2) is 6.63. The first kappa shape index (κ1) is 14.0. The van der Waals surface area contributed by atoms with Gasteiger partial charge in [-0.2, -0.15) is 0 Å². The van der Waals surface area contributed by atoms with Gasteiger partial charge in [0.05, 0.1) is 12.2 Å². The van der Waals surface area contributed by atoms with Crippen molar-refractivity contribution in [2.24, 2.45) is 0 Å². The molecule has 104 valence electrons. The molecule has 0 unspecified atom stereocenters. The van der Waals surface area contributed by atoms with E-state index in [9.17, 15) is 9.18 Å². The fourth-order valence-corrected chi connectivity index (χ4v) is 2.21. The van der Waals surface area contributed by atoms with Gasteiger partial charge in [0.1, 0.15) is 5.82 Å². The Morgan fingerprint density at radius 1 is 1.37 bits per heavy atom. The van der Waals surface area contributed by atoms with Gasteiger partial charge in [0.15, 0.2) is 0 Å². The number of para-hydroxylation sites is 1. The average molecular weight is 265 g/mol. The fraction of sp³-hybridized carbons (Fsp3) is 0.500. The Kier molecular flexibility index (Phi) is 4.87. The first-order valence-corrected chi connectivity index (χ1v) is 6.61. The van der Waals surface area contributed by atoms with Crippen molar-refractivity contribution in [1.82, 2.24) is 10.2 Å². The Morgan fingerprint density at radius 2 is 2.05 bits per heavy atom. The summed E-state index contributed by atoms with van der Waals surface area (Å²) in [6, 6.07) is 6.57. The van der Waals surface area contributed by atoms with Crippen LogP contribution < -0.4 is 10.6 Å². The van der Waals surface area contributed by atoms with E-state index in [0.717, 1.165) is 25.9 Å². The highest BCUT2D eigenvalue weighted by atomic mass is 19.1. The number of benzene rings is 1. The number of hydrogen-bond acceptors (Lipinski definition) is 3. The van der Waals surface area contributed by atoms with E-state index in [1.165, 1.54) is 6.07 Å². The summed E-state index contributed by atoms with van der Waals surface area (Å²) < 4.78 is 13.3. The second-order valence-corrected chi connectivity index (χ2v) is 4.99. The van der Waals surface area contributed by atoms with Crippen molar-refractivity contribution in [2.45, 2.75) is 18.9 Å². The number of halogens is 1. The van der Waals surface area contributed by atoms with Crippen LogP contribution in [-0.4, -0.2) is 43.5 Å². The number of amides is 1. The Morgan fingerprint density at radius 3 is 2.74 bits per heavy atom. The van der Waals surface area contributed by atoms with Crippen LogP contribution in [0.15, 0.2) is 24.3 Å². The zero-order chi connectivity index (χ0) is 13.7. The number of nitrogens with zero attached hydrogens (tertiary/aromatic N) is 1. The summed E-state index contributed by atoms with van der Waals surface area (Å²) in [5.41, 5.74) is 0.234. The van der Waals surface area contributed by atoms with E-state index in [0.29, 0.717) is 6.04 Å². The molecule has 0 spiro atoms. The maximum atomic E-state index is 13.3. The molecule has 0 aliphatic carbocycles. The molecule has 2 rings (SSSR count). The van der Waals surface area contributed by atoms with E-state index in [1.807, 2.05) is 0 Å². The van der Waals surface area contributed by atoms with Crippen molar-refractivity contribution < 1.29 is 9.18 Å². The molecule has 1 fully saturated rings. The first-order valence-electron chi connectivity index (χ1n) is 6.61. The third-order valence-electron chi connectivity index (χ3n) is 3.42. The quantitative estimate of drug-likeness (QED) is 0.866. The minimum Gasteiger partial charge on any atom is -0.322 e. The number of carbonyl (C=O) groups is 1. The lowest BCUT2D eigenvalue weighted by atomic mass is 10.1. The molecule has 0 radical (unpaired) electrons. The predicted molar refractivity (Wildman–Crippen MR) is 73.6 cm³/mol. The van der Waals surface area contributed by atoms with Crippen LogP contribution in [0.3, 0.4) is 0 Å². The molecule has 1 amide bonds. The topological polar surface area (TPSA) is 44.4 Å². The predicted octanol–water partition coefficient (Wildman–Crippen LogP) is 1.45. The molecule has 1 aromatic carbocycles. The summed E-state index contributed by atoms with van der Waals surface area (Å²) in [5, 5.41) is 5.79. The SMILES string of the molecule is CN1CCC(NCC(=O)Nc2ccccc2F)CC1. The largest absolute Gasteiger partial charge is 0.322 e. The fourth-order valence-electron chi connectivity index (χ4n) is 2.21. The van der Waals surface area contributed by atoms with Gasteiger partial charge in [-0.25, -0.2) is 4.39 Å². The monoisotopic (exact) mass is 265 g/mol. The van der Waals surface area contributed by atoms with Gasteiger partial charge in [0.25, 0.3) is 0 Å². The van der Waals surface area contributed by atoms with Crippen molar-refractivity contribution >= 4 is 11.6 Å². The Balaban J connectivity index is 1.74. The maximum absolute atomic E-state index is 13.3. The highest BCUT2D eigenvalue weighted by Gasteiger charge is 2.17. The smallest absolute Gasteiger partial charge is 0.238 e. The average Bonchev–Trinajstić information content (AvgIpc) is 2.41. The number of piperidine rings is 1. The molecule has 0 atom stereocenters. The molecule has 5 heteroatoms. The number of anilines is 1. The van der Waals surface area contributed by atoms with Crippen LogP contribution in [0.4, 0.5) is 10.1 Å². The van der Waals surface area contributed by atoms with E-state index in [4.69, 9.17) is 0 Å². The lowest BCUT2D eigenvalue weighted by Crippen LogP contribution is -2.43. The molecule has 19 heavy (non-hydrogen) atoms. The van der Waals surface area contributed by atoms with Gasteiger partial charge in [-0.05, 0) is 45.1 Å². The number of nitrogens with one attached hydrogen (secondary N) is 2. The summed E-state index contributed by atoms with van der Waals surface area (Å²) in [6.07, 6.45) is 2.09. The molecule has 1 heterocycles. The standard InChI is InChI=1S/C14H20FN3O/c1-18-8-6-11(7-9-18)16-10-14(19)17-13-5-3-2-4-12(13)15/h2-5,11,16H,6-10H2,1H3,(H,17,19). The minimum atomic E-state index is -0.407. The molecule has 2 N–H and O–H groups in total. The van der Waals surface area contributed by atoms with E-state index >= 15 is 0 Å². The number of rotatable bonds is 4. The lowest BCUT2D eigenvalue weighted by Gasteiger charge is -2.29. The van der Waals surface area contributed by atoms with E-state index in [1.54, 1.807) is 18.2 Å². The van der Waals surface area contributed by atoms with Gasteiger partial charge in [0, 0.05) is 6.04 Å². The van der Waals surface area contributed by atoms with Crippen LogP contribution in [-0.2, 0) is 4.79 Å². The summed E-state index contributed by atoms with van der Waals surface area (Å²) in [6.45, 7) is 2.32. The van der Waals surface area contributed by atoms with Crippen molar-refractivity contribution in [3.05, 3.63) is 30.1 Å². The minimum absolute atomic E-state index is 0.205. The molecule has 4 nitrogen and oxygen atoms in total. The third-order valence-corrected chi connectivity index (χ3v) is 3.42. The van der Waals surface area contributed by atoms with E-state index in [-0.39, 0.29) is 18.1 Å². The van der Waals surface area contributed by atoms with Crippen molar-refractivity contribution in [3.8, 4) is 0 Å². The van der Waals surface area contributed by atoms with Crippen LogP contribution in [0.5, 0.6) is 0 Å². The first-order chi connectivity index (χ1) is 9.15. The molecule has 0 saturated carbocycles. The molecule has 0 aromatic heterocycles. The highest BCUT2D eigenvalue weighted by Crippen LogP contribution is 2.12. The van der Waals surface area contributed by atoms with Crippen molar-refractivity contribution in [3.63, 3.8) is 0 Å². The molecular formula is C14H20FN3O. The van der Waals surface area contributed by atoms with Crippen LogP contribution in [0.2, 0.25) is 0 Å².